The van der Waals surface area contributed by atoms with E-state index >= 15 is 0 Å². The molecule has 1 aliphatic heterocycles. The van der Waals surface area contributed by atoms with Crippen molar-refractivity contribution in [2.24, 2.45) is 0 Å². The number of carbonyl (C=O) groups is 2. The molecule has 1 heterocycles. The smallest absolute Gasteiger partial charge is 0.211 e. The van der Waals surface area contributed by atoms with E-state index in [-0.39, 0.29) is 11.6 Å². The van der Waals surface area contributed by atoms with Crippen LogP contribution in [0.4, 0.5) is 0 Å². The molecule has 5 heteroatoms. The predicted molar refractivity (Wildman–Crippen MR) is 102 cm³/mol. The van der Waals surface area contributed by atoms with E-state index in [0.29, 0.717) is 53.8 Å². The van der Waals surface area contributed by atoms with Crippen molar-refractivity contribution in [1.29, 1.82) is 0 Å². The van der Waals surface area contributed by atoms with Crippen molar-refractivity contribution in [3.8, 4) is 0 Å². The highest BCUT2D eigenvalue weighted by molar-refractivity contribution is 8.03. The largest absolute Gasteiger partial charge is 0.378 e. The molecule has 0 amide bonds. The molecule has 0 unspecified atom stereocenters. The maximum absolute atomic E-state index is 13.2. The van der Waals surface area contributed by atoms with E-state index < -0.39 is 0 Å². The van der Waals surface area contributed by atoms with Gasteiger partial charge in [0.05, 0.1) is 18.1 Å². The molecule has 0 saturated carbocycles. The van der Waals surface area contributed by atoms with Gasteiger partial charge in [0.2, 0.25) is 11.6 Å². The zero-order valence-electron chi connectivity index (χ0n) is 14.3. The van der Waals surface area contributed by atoms with E-state index in [0.717, 1.165) is 5.56 Å². The summed E-state index contributed by atoms with van der Waals surface area (Å²) in [6, 6.07) is 17.1. The Kier molecular flexibility index (Phi) is 4.91. The number of ketones is 2. The highest BCUT2D eigenvalue weighted by Crippen LogP contribution is 2.36. The Balaban J connectivity index is 1.73. The SMILES string of the molecule is O=C1C(SCc2ccccc2)=C(N2CCOCC2)C(=O)c2ccccc21. The van der Waals surface area contributed by atoms with Gasteiger partial charge in [-0.2, -0.15) is 0 Å². The second-order valence-corrected chi connectivity index (χ2v) is 7.24. The van der Waals surface area contributed by atoms with Crippen LogP contribution in [-0.4, -0.2) is 42.8 Å². The van der Waals surface area contributed by atoms with E-state index in [9.17, 15) is 9.59 Å². The molecule has 132 valence electrons. The highest BCUT2D eigenvalue weighted by Gasteiger charge is 2.35. The molecule has 0 spiro atoms. The van der Waals surface area contributed by atoms with Crippen LogP contribution in [-0.2, 0) is 10.5 Å². The summed E-state index contributed by atoms with van der Waals surface area (Å²) in [5, 5.41) is 0. The maximum atomic E-state index is 13.2. The van der Waals surface area contributed by atoms with Gasteiger partial charge < -0.3 is 9.64 Å². The number of benzene rings is 2. The van der Waals surface area contributed by atoms with Crippen LogP contribution in [0.3, 0.4) is 0 Å². The molecule has 4 nitrogen and oxygen atoms in total. The summed E-state index contributed by atoms with van der Waals surface area (Å²) in [7, 11) is 0. The fraction of sp³-hybridized carbons (Fsp3) is 0.238. The van der Waals surface area contributed by atoms with Crippen LogP contribution >= 0.6 is 11.8 Å². The molecule has 1 fully saturated rings. The van der Waals surface area contributed by atoms with Gasteiger partial charge in [0.15, 0.2) is 0 Å². The lowest BCUT2D eigenvalue weighted by molar-refractivity contribution is 0.0499. The molecule has 0 aromatic heterocycles. The lowest BCUT2D eigenvalue weighted by atomic mass is 9.91. The second kappa shape index (κ2) is 7.48. The molecule has 1 saturated heterocycles. The van der Waals surface area contributed by atoms with Crippen LogP contribution in [0.15, 0.2) is 65.2 Å². The van der Waals surface area contributed by atoms with Gasteiger partial charge >= 0.3 is 0 Å². The van der Waals surface area contributed by atoms with Crippen molar-refractivity contribution < 1.29 is 14.3 Å². The molecule has 2 aliphatic rings. The van der Waals surface area contributed by atoms with Gasteiger partial charge in [-0.3, -0.25) is 9.59 Å². The van der Waals surface area contributed by atoms with Crippen molar-refractivity contribution in [3.05, 3.63) is 81.9 Å². The van der Waals surface area contributed by atoms with E-state index in [1.165, 1.54) is 11.8 Å². The molecule has 2 aromatic rings. The maximum Gasteiger partial charge on any atom is 0.211 e. The Morgan fingerprint density at radius 1 is 0.846 bits per heavy atom. The number of nitrogens with zero attached hydrogens (tertiary/aromatic N) is 1. The number of carbonyl (C=O) groups excluding carboxylic acids is 2. The van der Waals surface area contributed by atoms with Crippen LogP contribution in [0.25, 0.3) is 0 Å². The third kappa shape index (κ3) is 3.20. The van der Waals surface area contributed by atoms with Crippen LogP contribution in [0.5, 0.6) is 0 Å². The predicted octanol–water partition coefficient (Wildman–Crippen LogP) is 3.54. The molecular formula is C21H19NO3S. The minimum absolute atomic E-state index is 0.0531. The zero-order valence-corrected chi connectivity index (χ0v) is 15.1. The lowest BCUT2D eigenvalue weighted by Gasteiger charge is -2.33. The van der Waals surface area contributed by atoms with Gasteiger partial charge in [0.1, 0.15) is 5.70 Å². The Bertz CT molecular complexity index is 870. The first kappa shape index (κ1) is 17.1. The summed E-state index contributed by atoms with van der Waals surface area (Å²) in [5.41, 5.74) is 2.68. The molecule has 4 rings (SSSR count). The first-order chi connectivity index (χ1) is 12.8. The molecule has 0 N–H and O–H groups in total. The van der Waals surface area contributed by atoms with Gasteiger partial charge in [-0.1, -0.05) is 54.6 Å². The van der Waals surface area contributed by atoms with Crippen molar-refractivity contribution in [1.82, 2.24) is 4.90 Å². The number of Topliss-reactive ketones (excluding diaryl/α,β-unsaturated/α-hetero) is 2. The molecule has 0 radical (unpaired) electrons. The lowest BCUT2D eigenvalue weighted by Crippen LogP contribution is -2.40. The van der Waals surface area contributed by atoms with Gasteiger partial charge in [-0.25, -0.2) is 0 Å². The summed E-state index contributed by atoms with van der Waals surface area (Å²) in [6.07, 6.45) is 0. The fourth-order valence-electron chi connectivity index (χ4n) is 3.28. The minimum atomic E-state index is -0.0577. The number of allylic oxidation sites excluding steroid dienone is 2. The summed E-state index contributed by atoms with van der Waals surface area (Å²) in [5.74, 6) is 0.547. The molecule has 0 bridgehead atoms. The third-order valence-electron chi connectivity index (χ3n) is 4.61. The van der Waals surface area contributed by atoms with Crippen molar-refractivity contribution in [3.63, 3.8) is 0 Å². The average Bonchev–Trinajstić information content (AvgIpc) is 2.71. The molecule has 1 aliphatic carbocycles. The number of thioether (sulfide) groups is 1. The summed E-state index contributed by atoms with van der Waals surface area (Å²) >= 11 is 1.45. The van der Waals surface area contributed by atoms with Crippen LogP contribution in [0, 0.1) is 0 Å². The summed E-state index contributed by atoms with van der Waals surface area (Å²) in [4.78, 5) is 28.9. The number of ether oxygens (including phenoxy) is 1. The van der Waals surface area contributed by atoms with Crippen LogP contribution in [0.2, 0.25) is 0 Å². The van der Waals surface area contributed by atoms with E-state index in [2.05, 4.69) is 0 Å². The molecule has 2 aromatic carbocycles. The summed E-state index contributed by atoms with van der Waals surface area (Å²) in [6.45, 7) is 2.41. The molecule has 0 atom stereocenters. The van der Waals surface area contributed by atoms with Gasteiger partial charge in [0, 0.05) is 30.0 Å². The Morgan fingerprint density at radius 3 is 2.15 bits per heavy atom. The summed E-state index contributed by atoms with van der Waals surface area (Å²) < 4.78 is 5.42. The minimum Gasteiger partial charge on any atom is -0.378 e. The average molecular weight is 365 g/mol. The quantitative estimate of drug-likeness (QED) is 0.829. The van der Waals surface area contributed by atoms with Gasteiger partial charge in [0.25, 0.3) is 0 Å². The topological polar surface area (TPSA) is 46.6 Å². The Morgan fingerprint density at radius 2 is 1.46 bits per heavy atom. The number of fused-ring (bicyclic) bond motifs is 1. The van der Waals surface area contributed by atoms with Crippen molar-refractivity contribution >= 4 is 23.3 Å². The normalized spacial score (nSPS) is 17.5. The highest BCUT2D eigenvalue weighted by atomic mass is 32.2. The third-order valence-corrected chi connectivity index (χ3v) is 5.75. The standard InChI is InChI=1S/C21H19NO3S/c23-19-16-8-4-5-9-17(16)20(24)21(18(19)22-10-12-25-13-11-22)26-14-15-6-2-1-3-7-15/h1-9H,10-14H2. The Labute approximate surface area is 156 Å². The monoisotopic (exact) mass is 365 g/mol. The zero-order chi connectivity index (χ0) is 17.9. The fourth-order valence-corrected chi connectivity index (χ4v) is 4.38. The van der Waals surface area contributed by atoms with Crippen molar-refractivity contribution in [2.75, 3.05) is 26.3 Å². The Hall–Kier alpha value is -2.37. The number of morpholine rings is 1. The van der Waals surface area contributed by atoms with Crippen LogP contribution in [0.1, 0.15) is 26.3 Å². The van der Waals surface area contributed by atoms with E-state index in [1.807, 2.05) is 47.4 Å². The first-order valence-corrected chi connectivity index (χ1v) is 9.66. The molecular weight excluding hydrogens is 346 g/mol. The number of hydrogen-bond donors (Lipinski definition) is 0. The van der Waals surface area contributed by atoms with Crippen LogP contribution < -0.4 is 0 Å². The number of rotatable bonds is 4. The van der Waals surface area contributed by atoms with E-state index in [4.69, 9.17) is 4.74 Å². The number of hydrogen-bond acceptors (Lipinski definition) is 5. The second-order valence-electron chi connectivity index (χ2n) is 6.26. The van der Waals surface area contributed by atoms with Crippen molar-refractivity contribution in [2.45, 2.75) is 5.75 Å². The van der Waals surface area contributed by atoms with Gasteiger partial charge in [-0.05, 0) is 5.56 Å². The van der Waals surface area contributed by atoms with E-state index in [1.54, 1.807) is 12.1 Å². The molecule has 26 heavy (non-hydrogen) atoms. The first-order valence-electron chi connectivity index (χ1n) is 8.68. The van der Waals surface area contributed by atoms with Gasteiger partial charge in [-0.15, -0.1) is 11.8 Å².